The van der Waals surface area contributed by atoms with Crippen molar-refractivity contribution in [2.45, 2.75) is 12.8 Å². The van der Waals surface area contributed by atoms with Crippen LogP contribution >= 0.6 is 0 Å². The predicted molar refractivity (Wildman–Crippen MR) is 158 cm³/mol. The molecule has 0 radical (unpaired) electrons. The third-order valence-corrected chi connectivity index (χ3v) is 7.32. The molecule has 0 aromatic heterocycles. The molecule has 6 heteroatoms. The Morgan fingerprint density at radius 2 is 1.00 bits per heavy atom. The van der Waals surface area contributed by atoms with Gasteiger partial charge in [0, 0.05) is 62.8 Å². The van der Waals surface area contributed by atoms with Crippen LogP contribution in [0.3, 0.4) is 0 Å². The van der Waals surface area contributed by atoms with Gasteiger partial charge in [-0.3, -0.25) is 9.98 Å². The van der Waals surface area contributed by atoms with E-state index in [0.717, 1.165) is 97.9 Å². The van der Waals surface area contributed by atoms with Crippen LogP contribution in [-0.4, -0.2) is 84.8 Å². The van der Waals surface area contributed by atoms with Crippen LogP contribution in [0.2, 0.25) is 0 Å². The van der Waals surface area contributed by atoms with Gasteiger partial charge in [0.05, 0.1) is 0 Å². The lowest BCUT2D eigenvalue weighted by atomic mass is 10.0. The van der Waals surface area contributed by atoms with Gasteiger partial charge in [-0.15, -0.1) is 0 Å². The van der Waals surface area contributed by atoms with Gasteiger partial charge >= 0.3 is 0 Å². The molecule has 1 heterocycles. The van der Waals surface area contributed by atoms with Crippen LogP contribution in [0.25, 0.3) is 21.5 Å². The average molecular weight is 509 g/mol. The molecule has 1 saturated heterocycles. The fourth-order valence-electron chi connectivity index (χ4n) is 5.16. The Morgan fingerprint density at radius 3 is 1.45 bits per heavy atom. The van der Waals surface area contributed by atoms with Crippen molar-refractivity contribution < 1.29 is 10.2 Å². The Morgan fingerprint density at radius 1 is 0.579 bits per heavy atom. The highest BCUT2D eigenvalue weighted by Crippen LogP contribution is 2.26. The van der Waals surface area contributed by atoms with E-state index in [0.29, 0.717) is 0 Å². The van der Waals surface area contributed by atoms with Crippen LogP contribution < -0.4 is 0 Å². The Labute approximate surface area is 224 Å². The summed E-state index contributed by atoms with van der Waals surface area (Å²) in [6.45, 7) is 7.95. The molecule has 0 aliphatic carbocycles. The standard InChI is InChI=1S/C32H36N4O2/c37-31-13-11-25-7-1-3-9-27(25)29(31)23-33-15-5-17-35-19-21-36(22-20-35)18-6-16-34-24-30-28-10-4-2-8-26(28)12-14-32(30)38/h1-4,7-14,23-24,37-38H,5-6,15-22H2. The van der Waals surface area contributed by atoms with E-state index in [1.807, 2.05) is 61.0 Å². The first kappa shape index (κ1) is 25.9. The Bertz CT molecular complexity index is 1310. The SMILES string of the molecule is Oc1ccc2ccccc2c1C=NCCCN1CCN(CCCN=Cc2c(O)ccc3ccccc23)CC1. The lowest BCUT2D eigenvalue weighted by Gasteiger charge is -2.34. The quantitative estimate of drug-likeness (QED) is 0.224. The molecule has 0 amide bonds. The summed E-state index contributed by atoms with van der Waals surface area (Å²) >= 11 is 0. The highest BCUT2D eigenvalue weighted by atomic mass is 16.3. The molecule has 0 bridgehead atoms. The van der Waals surface area contributed by atoms with Crippen molar-refractivity contribution in [3.05, 3.63) is 83.9 Å². The molecule has 5 rings (SSSR count). The zero-order valence-electron chi connectivity index (χ0n) is 21.8. The molecule has 6 nitrogen and oxygen atoms in total. The van der Waals surface area contributed by atoms with Crippen molar-refractivity contribution >= 4 is 34.0 Å². The number of aliphatic imine (C=N–C) groups is 2. The van der Waals surface area contributed by atoms with Gasteiger partial charge in [0.25, 0.3) is 0 Å². The number of benzene rings is 4. The zero-order chi connectivity index (χ0) is 26.2. The summed E-state index contributed by atoms with van der Waals surface area (Å²) in [7, 11) is 0. The molecule has 0 saturated carbocycles. The fraction of sp³-hybridized carbons (Fsp3) is 0.312. The van der Waals surface area contributed by atoms with Crippen molar-refractivity contribution in [3.8, 4) is 11.5 Å². The fourth-order valence-corrected chi connectivity index (χ4v) is 5.16. The van der Waals surface area contributed by atoms with Crippen LogP contribution in [-0.2, 0) is 0 Å². The maximum atomic E-state index is 10.3. The molecule has 2 N–H and O–H groups in total. The first-order chi connectivity index (χ1) is 18.7. The molecular weight excluding hydrogens is 472 g/mol. The van der Waals surface area contributed by atoms with Gasteiger partial charge in [-0.2, -0.15) is 0 Å². The molecular formula is C32H36N4O2. The second kappa shape index (κ2) is 12.7. The first-order valence-corrected chi connectivity index (χ1v) is 13.5. The van der Waals surface area contributed by atoms with Gasteiger partial charge in [0.15, 0.2) is 0 Å². The Kier molecular flexibility index (Phi) is 8.64. The van der Waals surface area contributed by atoms with Gasteiger partial charge < -0.3 is 20.0 Å². The molecule has 0 unspecified atom stereocenters. The maximum Gasteiger partial charge on any atom is 0.124 e. The van der Waals surface area contributed by atoms with Gasteiger partial charge in [0.1, 0.15) is 11.5 Å². The van der Waals surface area contributed by atoms with E-state index in [4.69, 9.17) is 0 Å². The number of piperazine rings is 1. The third kappa shape index (κ3) is 6.39. The molecule has 1 aliphatic rings. The number of aromatic hydroxyl groups is 2. The highest BCUT2D eigenvalue weighted by molar-refractivity contribution is 6.03. The average Bonchev–Trinajstić information content (AvgIpc) is 2.95. The largest absolute Gasteiger partial charge is 0.507 e. The van der Waals surface area contributed by atoms with Gasteiger partial charge in [0.2, 0.25) is 0 Å². The number of fused-ring (bicyclic) bond motifs is 2. The van der Waals surface area contributed by atoms with Crippen LogP contribution in [0.15, 0.2) is 82.8 Å². The van der Waals surface area contributed by atoms with Gasteiger partial charge in [-0.1, -0.05) is 60.7 Å². The maximum absolute atomic E-state index is 10.3. The second-order valence-corrected chi connectivity index (χ2v) is 9.90. The van der Waals surface area contributed by atoms with Crippen molar-refractivity contribution in [1.29, 1.82) is 0 Å². The molecule has 1 fully saturated rings. The molecule has 1 aliphatic heterocycles. The number of nitrogens with zero attached hydrogens (tertiary/aromatic N) is 4. The summed E-state index contributed by atoms with van der Waals surface area (Å²) in [6.07, 6.45) is 5.66. The number of rotatable bonds is 10. The summed E-state index contributed by atoms with van der Waals surface area (Å²) in [6, 6.07) is 23.5. The predicted octanol–water partition coefficient (Wildman–Crippen LogP) is 5.34. The van der Waals surface area contributed by atoms with Crippen molar-refractivity contribution in [2.75, 3.05) is 52.4 Å². The summed E-state index contributed by atoms with van der Waals surface area (Å²) in [5, 5.41) is 24.8. The van der Waals surface area contributed by atoms with Crippen LogP contribution in [0.5, 0.6) is 11.5 Å². The molecule has 0 spiro atoms. The topological polar surface area (TPSA) is 71.7 Å². The minimum absolute atomic E-state index is 0.279. The summed E-state index contributed by atoms with van der Waals surface area (Å²) in [4.78, 5) is 14.2. The second-order valence-electron chi connectivity index (χ2n) is 9.90. The number of phenolic OH excluding ortho intramolecular Hbond substituents is 2. The lowest BCUT2D eigenvalue weighted by molar-refractivity contribution is 0.131. The van der Waals surface area contributed by atoms with Crippen molar-refractivity contribution in [1.82, 2.24) is 9.80 Å². The third-order valence-electron chi connectivity index (χ3n) is 7.32. The van der Waals surface area contributed by atoms with E-state index in [2.05, 4.69) is 31.9 Å². The van der Waals surface area contributed by atoms with Gasteiger partial charge in [-0.05, 0) is 59.6 Å². The van der Waals surface area contributed by atoms with E-state index < -0.39 is 0 Å². The summed E-state index contributed by atoms with van der Waals surface area (Å²) < 4.78 is 0. The van der Waals surface area contributed by atoms with E-state index in [9.17, 15) is 10.2 Å². The zero-order valence-corrected chi connectivity index (χ0v) is 21.8. The normalized spacial score (nSPS) is 15.4. The summed E-state index contributed by atoms with van der Waals surface area (Å²) in [5.74, 6) is 0.557. The molecule has 4 aromatic carbocycles. The van der Waals surface area contributed by atoms with Crippen LogP contribution in [0.1, 0.15) is 24.0 Å². The molecule has 38 heavy (non-hydrogen) atoms. The van der Waals surface area contributed by atoms with Gasteiger partial charge in [-0.25, -0.2) is 0 Å². The van der Waals surface area contributed by atoms with Crippen LogP contribution in [0.4, 0.5) is 0 Å². The Balaban J connectivity index is 0.999. The molecule has 0 atom stereocenters. The monoisotopic (exact) mass is 508 g/mol. The van der Waals surface area contributed by atoms with Crippen molar-refractivity contribution in [3.63, 3.8) is 0 Å². The highest BCUT2D eigenvalue weighted by Gasteiger charge is 2.15. The number of hydrogen-bond acceptors (Lipinski definition) is 6. The van der Waals surface area contributed by atoms with E-state index in [1.54, 1.807) is 12.1 Å². The van der Waals surface area contributed by atoms with Crippen LogP contribution in [0, 0.1) is 0 Å². The van der Waals surface area contributed by atoms with E-state index in [-0.39, 0.29) is 11.5 Å². The number of phenols is 2. The lowest BCUT2D eigenvalue weighted by Crippen LogP contribution is -2.46. The first-order valence-electron chi connectivity index (χ1n) is 13.5. The van der Waals surface area contributed by atoms with E-state index >= 15 is 0 Å². The van der Waals surface area contributed by atoms with Crippen molar-refractivity contribution in [2.24, 2.45) is 9.98 Å². The molecule has 196 valence electrons. The minimum atomic E-state index is 0.279. The smallest absolute Gasteiger partial charge is 0.124 e. The minimum Gasteiger partial charge on any atom is -0.507 e. The number of hydrogen-bond donors (Lipinski definition) is 2. The van der Waals surface area contributed by atoms with E-state index in [1.165, 1.54) is 0 Å². The molecule has 4 aromatic rings. The Hall–Kier alpha value is -3.74. The summed E-state index contributed by atoms with van der Waals surface area (Å²) in [5.41, 5.74) is 1.60.